The highest BCUT2D eigenvalue weighted by molar-refractivity contribution is 5.92. The zero-order valence-electron chi connectivity index (χ0n) is 46.9. The van der Waals surface area contributed by atoms with Crippen LogP contribution in [0, 0.1) is 45.3 Å². The Morgan fingerprint density at radius 1 is 0.671 bits per heavy atom. The molecule has 12 rings (SSSR count). The quantitative estimate of drug-likeness (QED) is 0.148. The van der Waals surface area contributed by atoms with Gasteiger partial charge in [-0.3, -0.25) is 19.0 Å². The van der Waals surface area contributed by atoms with Crippen molar-refractivity contribution in [3.05, 3.63) is 46.1 Å². The van der Waals surface area contributed by atoms with Crippen LogP contribution in [-0.2, 0) is 54.5 Å². The second-order valence-corrected chi connectivity index (χ2v) is 27.0. The van der Waals surface area contributed by atoms with Crippen LogP contribution in [0.15, 0.2) is 23.5 Å². The molecule has 0 radical (unpaired) electrons. The van der Waals surface area contributed by atoms with Crippen molar-refractivity contribution < 1.29 is 57.7 Å². The molecule has 420 valence electrons. The maximum atomic E-state index is 17.9. The van der Waals surface area contributed by atoms with Crippen LogP contribution in [0.25, 0.3) is 12.2 Å². The maximum Gasteiger partial charge on any atom is 0.193 e. The number of aliphatic hydroxyl groups is 4. The molecule has 16 heteroatoms. The number of alkyl halides is 2. The lowest BCUT2D eigenvalue weighted by Gasteiger charge is -2.63. The number of unbranched alkanes of at least 4 members (excludes halogenated alkanes) is 4. The molecule has 6 saturated carbocycles. The summed E-state index contributed by atoms with van der Waals surface area (Å²) < 4.78 is 65.1. The van der Waals surface area contributed by atoms with Crippen LogP contribution in [0.5, 0.6) is 0 Å². The minimum atomic E-state index is -1.86. The Kier molecular flexibility index (Phi) is 13.1. The lowest BCUT2D eigenvalue weighted by atomic mass is 9.43. The zero-order chi connectivity index (χ0) is 54.6. The van der Waals surface area contributed by atoms with Gasteiger partial charge < -0.3 is 39.4 Å². The fraction of sp³-hybridized carbons (Fsp3) is 0.800. The summed E-state index contributed by atoms with van der Waals surface area (Å²) in [7, 11) is 0. The van der Waals surface area contributed by atoms with E-state index in [0.717, 1.165) is 98.1 Å². The Hall–Kier alpha value is -3.22. The van der Waals surface area contributed by atoms with E-state index in [4.69, 9.17) is 24.0 Å². The van der Waals surface area contributed by atoms with Gasteiger partial charge in [0.15, 0.2) is 34.3 Å². The first kappa shape index (κ1) is 54.7. The average molecular weight is 1060 g/mol. The largest absolute Gasteiger partial charge is 0.390 e. The molecule has 0 spiro atoms. The van der Waals surface area contributed by atoms with E-state index in [9.17, 15) is 30.0 Å². The molecule has 16 atom stereocenters. The number of halogens is 2. The summed E-state index contributed by atoms with van der Waals surface area (Å²) >= 11 is 0. The summed E-state index contributed by atoms with van der Waals surface area (Å²) in [5, 5.41) is 53.0. The van der Waals surface area contributed by atoms with E-state index < -0.39 is 117 Å². The molecule has 76 heavy (non-hydrogen) atoms. The smallest absolute Gasteiger partial charge is 0.193 e. The monoisotopic (exact) mass is 1060 g/mol. The molecule has 2 saturated heterocycles. The third kappa shape index (κ3) is 7.14. The second kappa shape index (κ2) is 18.1. The number of rotatable bonds is 12. The molecule has 4 N–H and O–H groups in total. The van der Waals surface area contributed by atoms with Crippen LogP contribution >= 0.6 is 0 Å². The van der Waals surface area contributed by atoms with Crippen LogP contribution in [-0.4, -0.2) is 123 Å². The predicted molar refractivity (Wildman–Crippen MR) is 280 cm³/mol. The number of fused-ring (bicyclic) bond motifs is 16. The van der Waals surface area contributed by atoms with E-state index in [1.807, 2.05) is 38.6 Å². The number of aliphatic hydroxyl groups excluding tert-OH is 4. The van der Waals surface area contributed by atoms with Crippen molar-refractivity contribution >= 4 is 23.7 Å². The fourth-order valence-electron chi connectivity index (χ4n) is 19.0. The molecule has 14 nitrogen and oxygen atoms in total. The van der Waals surface area contributed by atoms with Crippen LogP contribution < -0.4 is 0 Å². The highest BCUT2D eigenvalue weighted by Gasteiger charge is 2.82. The third-order valence-corrected chi connectivity index (χ3v) is 22.3. The van der Waals surface area contributed by atoms with Gasteiger partial charge in [-0.25, -0.2) is 8.78 Å². The van der Waals surface area contributed by atoms with Gasteiger partial charge in [-0.1, -0.05) is 78.4 Å². The van der Waals surface area contributed by atoms with Crippen molar-refractivity contribution in [2.45, 2.75) is 244 Å². The van der Waals surface area contributed by atoms with Crippen LogP contribution in [0.3, 0.4) is 0 Å². The van der Waals surface area contributed by atoms with Crippen molar-refractivity contribution in [3.63, 3.8) is 0 Å². The Morgan fingerprint density at radius 3 is 1.63 bits per heavy atom. The molecule has 0 amide bonds. The molecule has 2 aliphatic heterocycles. The number of nitrogens with zero attached hydrogens (tertiary/aromatic N) is 4. The van der Waals surface area contributed by atoms with Gasteiger partial charge in [0.2, 0.25) is 0 Å². The van der Waals surface area contributed by atoms with Crippen molar-refractivity contribution in [3.8, 4) is 0 Å². The van der Waals surface area contributed by atoms with Gasteiger partial charge in [0.25, 0.3) is 0 Å². The average Bonchev–Trinajstić information content (AvgIpc) is 4.20. The topological polar surface area (TPSA) is 188 Å². The number of carbonyl (C=O) groups excluding carboxylic acids is 2. The summed E-state index contributed by atoms with van der Waals surface area (Å²) in [5.74, 6) is -4.20. The maximum absolute atomic E-state index is 17.9. The molecule has 0 aromatic carbocycles. The standard InChI is InChI=1S/2C30H43FN2O5/c1-6-7-8-11-33-16-18-14-27(4)19(12-22(18)32-33)9-10-20-21-13-25-30(24(36)17-34,38-26(2,3)37-25)28(21,5)15-23(35)29(20,27)31;1-6-7-8-11-33-22-12-19-9-10-20-21-13-25-30(24(36)17-34,38-26(2,3)37-25)28(21,5)15-23(35)29(20,31)27(19,4)14-18(22)16-32-33/h2*12,16,20-21,23,25,34-35H,6-11,13-15,17H2,1-5H3/t2*20-,21-,23-,25+,27-,28-,29-,30+/m00/s1. The summed E-state index contributed by atoms with van der Waals surface area (Å²) in [6.07, 6.45) is 15.9. The van der Waals surface area contributed by atoms with Gasteiger partial charge in [-0.05, 0) is 140 Å². The van der Waals surface area contributed by atoms with Gasteiger partial charge in [-0.15, -0.1) is 0 Å². The van der Waals surface area contributed by atoms with Crippen molar-refractivity contribution in [2.24, 2.45) is 45.3 Å². The SMILES string of the molecule is CCCCCn1cc2c(n1)C=C1CC[C@H]3[C@@H]4C[C@H]5OC(C)(C)O[C@@]5(C(=O)CO)[C@@]4(C)C[C@H](O)[C@]3(F)[C@@]1(C)C2.CCCCCn1ncc2c1C=C1CC[C@H]3[C@@H]4C[C@H]5OC(C)(C)O[C@@]5(C(=O)CO)[C@@]4(C)C[C@H](O)[C@]3(F)[C@@]1(C)C2. The molecule has 0 bridgehead atoms. The Bertz CT molecular complexity index is 2720. The Balaban J connectivity index is 0.000000162. The number of aromatic nitrogens is 4. The lowest BCUT2D eigenvalue weighted by Crippen LogP contribution is -2.70. The first-order valence-electron chi connectivity index (χ1n) is 29.1. The number of carbonyl (C=O) groups is 2. The van der Waals surface area contributed by atoms with E-state index in [-0.39, 0.29) is 24.7 Å². The first-order valence-corrected chi connectivity index (χ1v) is 29.1. The summed E-state index contributed by atoms with van der Waals surface area (Å²) in [4.78, 5) is 26.8. The van der Waals surface area contributed by atoms with E-state index in [2.05, 4.69) is 42.0 Å². The number of Topliss-reactive ketones (excluding diaryl/α,β-unsaturated/α-hetero) is 2. The third-order valence-electron chi connectivity index (χ3n) is 22.3. The van der Waals surface area contributed by atoms with Crippen molar-refractivity contribution in [2.75, 3.05) is 13.2 Å². The van der Waals surface area contributed by atoms with E-state index in [1.54, 1.807) is 27.7 Å². The minimum Gasteiger partial charge on any atom is -0.390 e. The van der Waals surface area contributed by atoms with Crippen LogP contribution in [0.1, 0.15) is 182 Å². The Morgan fingerprint density at radius 2 is 1.14 bits per heavy atom. The Labute approximate surface area is 447 Å². The van der Waals surface area contributed by atoms with Gasteiger partial charge in [0.1, 0.15) is 24.6 Å². The number of ether oxygens (including phenoxy) is 4. The minimum absolute atomic E-state index is 0.0817. The summed E-state index contributed by atoms with van der Waals surface area (Å²) in [6.45, 7) is 19.7. The number of aryl methyl sites for hydroxylation is 2. The molecular formula is C60H86F2N4O10. The first-order chi connectivity index (χ1) is 35.7. The predicted octanol–water partition coefficient (Wildman–Crippen LogP) is 8.76. The van der Waals surface area contributed by atoms with E-state index >= 15 is 8.78 Å². The fourth-order valence-corrected chi connectivity index (χ4v) is 19.0. The van der Waals surface area contributed by atoms with Gasteiger partial charge in [-0.2, -0.15) is 10.2 Å². The van der Waals surface area contributed by atoms with Gasteiger partial charge in [0.05, 0.1) is 42.0 Å². The van der Waals surface area contributed by atoms with Gasteiger partial charge >= 0.3 is 0 Å². The van der Waals surface area contributed by atoms with Gasteiger partial charge in [0, 0.05) is 52.8 Å². The molecular weight excluding hydrogens is 975 g/mol. The van der Waals surface area contributed by atoms with Crippen LogP contribution in [0.2, 0.25) is 0 Å². The molecule has 2 aromatic heterocycles. The summed E-state index contributed by atoms with van der Waals surface area (Å²) in [5.41, 5.74) is -3.79. The molecule has 0 unspecified atom stereocenters. The molecule has 4 heterocycles. The molecule has 8 aliphatic carbocycles. The highest BCUT2D eigenvalue weighted by Crippen LogP contribution is 2.75. The highest BCUT2D eigenvalue weighted by atomic mass is 19.1. The molecule has 8 fully saturated rings. The number of hydrogen-bond acceptors (Lipinski definition) is 12. The lowest BCUT2D eigenvalue weighted by molar-refractivity contribution is -0.250. The van der Waals surface area contributed by atoms with E-state index in [1.165, 1.54) is 0 Å². The van der Waals surface area contributed by atoms with Crippen LogP contribution in [0.4, 0.5) is 8.78 Å². The number of hydrogen-bond donors (Lipinski definition) is 4. The van der Waals surface area contributed by atoms with E-state index in [0.29, 0.717) is 38.5 Å². The van der Waals surface area contributed by atoms with Crippen molar-refractivity contribution in [1.82, 2.24) is 19.6 Å². The van der Waals surface area contributed by atoms with Crippen molar-refractivity contribution in [1.29, 1.82) is 0 Å². The number of allylic oxidation sites excluding steroid dienone is 2. The second-order valence-electron chi connectivity index (χ2n) is 27.0. The molecule has 10 aliphatic rings. The molecule has 2 aromatic rings. The number of ketones is 2. The normalized spacial score (nSPS) is 44.5. The summed E-state index contributed by atoms with van der Waals surface area (Å²) in [6, 6.07) is 0. The zero-order valence-corrected chi connectivity index (χ0v) is 46.9.